The van der Waals surface area contributed by atoms with Gasteiger partial charge in [-0.3, -0.25) is 0 Å². The minimum atomic E-state index is 0.869. The average molecular weight is 287 g/mol. The third kappa shape index (κ3) is 1.52. The summed E-state index contributed by atoms with van der Waals surface area (Å²) in [5.41, 5.74) is 0.999. The zero-order valence-corrected chi connectivity index (χ0v) is 9.26. The highest BCUT2D eigenvalue weighted by molar-refractivity contribution is 9.10. The first-order chi connectivity index (χ1) is 5.75. The van der Waals surface area contributed by atoms with Gasteiger partial charge in [0.2, 0.25) is 0 Å². The van der Waals surface area contributed by atoms with E-state index in [1.807, 2.05) is 30.3 Å². The second-order valence-electron chi connectivity index (χ2n) is 2.47. The molecule has 0 aliphatic heterocycles. The SMILES string of the molecule is Brc1ccc2ccc(Br)nc2c1. The topological polar surface area (TPSA) is 12.9 Å². The van der Waals surface area contributed by atoms with Gasteiger partial charge < -0.3 is 0 Å². The highest BCUT2D eigenvalue weighted by Gasteiger charge is 1.95. The first kappa shape index (κ1) is 8.20. The van der Waals surface area contributed by atoms with Gasteiger partial charge in [-0.15, -0.1) is 0 Å². The van der Waals surface area contributed by atoms with Crippen LogP contribution in [0.15, 0.2) is 39.4 Å². The lowest BCUT2D eigenvalue weighted by Gasteiger charge is -1.97. The molecule has 1 aromatic carbocycles. The van der Waals surface area contributed by atoms with Gasteiger partial charge in [-0.1, -0.05) is 28.1 Å². The van der Waals surface area contributed by atoms with Crippen LogP contribution >= 0.6 is 31.9 Å². The highest BCUT2D eigenvalue weighted by atomic mass is 79.9. The molecule has 0 saturated carbocycles. The van der Waals surface area contributed by atoms with Gasteiger partial charge in [-0.2, -0.15) is 0 Å². The Morgan fingerprint density at radius 3 is 2.58 bits per heavy atom. The van der Waals surface area contributed by atoms with Gasteiger partial charge in [-0.25, -0.2) is 4.98 Å². The van der Waals surface area contributed by atoms with Gasteiger partial charge in [0.05, 0.1) is 5.52 Å². The molecule has 1 aromatic heterocycles. The summed E-state index contributed by atoms with van der Waals surface area (Å²) in [5, 5.41) is 1.15. The summed E-state index contributed by atoms with van der Waals surface area (Å²) in [4.78, 5) is 4.32. The Kier molecular flexibility index (Phi) is 2.15. The van der Waals surface area contributed by atoms with Gasteiger partial charge in [0.15, 0.2) is 0 Å². The van der Waals surface area contributed by atoms with Crippen molar-refractivity contribution in [2.75, 3.05) is 0 Å². The van der Waals surface area contributed by atoms with E-state index in [1.165, 1.54) is 0 Å². The maximum absolute atomic E-state index is 4.32. The van der Waals surface area contributed by atoms with Crippen LogP contribution < -0.4 is 0 Å². The molecule has 0 atom stereocenters. The lowest BCUT2D eigenvalue weighted by Crippen LogP contribution is -1.78. The molecule has 0 unspecified atom stereocenters. The molecule has 2 rings (SSSR count). The van der Waals surface area contributed by atoms with E-state index in [4.69, 9.17) is 0 Å². The second-order valence-corrected chi connectivity index (χ2v) is 4.20. The molecule has 12 heavy (non-hydrogen) atoms. The Hall–Kier alpha value is -0.410. The molecule has 0 fully saturated rings. The van der Waals surface area contributed by atoms with E-state index in [1.54, 1.807) is 0 Å². The number of fused-ring (bicyclic) bond motifs is 1. The predicted octanol–water partition coefficient (Wildman–Crippen LogP) is 3.76. The van der Waals surface area contributed by atoms with Crippen LogP contribution in [0.4, 0.5) is 0 Å². The first-order valence-electron chi connectivity index (χ1n) is 3.47. The third-order valence-corrected chi connectivity index (χ3v) is 2.56. The summed E-state index contributed by atoms with van der Waals surface area (Å²) < 4.78 is 1.92. The number of halogens is 2. The Labute approximate surface area is 87.1 Å². The van der Waals surface area contributed by atoms with Crippen LogP contribution in [0.25, 0.3) is 10.9 Å². The predicted molar refractivity (Wildman–Crippen MR) is 57.1 cm³/mol. The maximum atomic E-state index is 4.32. The van der Waals surface area contributed by atoms with E-state index in [9.17, 15) is 0 Å². The lowest BCUT2D eigenvalue weighted by molar-refractivity contribution is 1.35. The van der Waals surface area contributed by atoms with E-state index < -0.39 is 0 Å². The molecule has 0 aliphatic rings. The van der Waals surface area contributed by atoms with Crippen molar-refractivity contribution in [2.45, 2.75) is 0 Å². The summed E-state index contributed by atoms with van der Waals surface area (Å²) in [7, 11) is 0. The van der Waals surface area contributed by atoms with Crippen LogP contribution in [0.5, 0.6) is 0 Å². The van der Waals surface area contributed by atoms with Crippen LogP contribution in [0.3, 0.4) is 0 Å². The van der Waals surface area contributed by atoms with Crippen molar-refractivity contribution >= 4 is 42.8 Å². The molecule has 2 aromatic rings. The number of rotatable bonds is 0. The number of pyridine rings is 1. The zero-order valence-electron chi connectivity index (χ0n) is 6.09. The Balaban J connectivity index is 2.80. The lowest BCUT2D eigenvalue weighted by atomic mass is 10.2. The zero-order chi connectivity index (χ0) is 8.55. The summed E-state index contributed by atoms with van der Waals surface area (Å²) in [5.74, 6) is 0. The Bertz CT molecular complexity index is 389. The molecule has 0 radical (unpaired) electrons. The normalized spacial score (nSPS) is 10.5. The number of hydrogen-bond acceptors (Lipinski definition) is 1. The van der Waals surface area contributed by atoms with Crippen molar-refractivity contribution in [1.29, 1.82) is 0 Å². The van der Waals surface area contributed by atoms with Crippen LogP contribution in [0.1, 0.15) is 0 Å². The largest absolute Gasteiger partial charge is 0.241 e. The van der Waals surface area contributed by atoms with Gasteiger partial charge in [-0.05, 0) is 34.1 Å². The summed E-state index contributed by atoms with van der Waals surface area (Å²) in [6.07, 6.45) is 0. The third-order valence-electron chi connectivity index (χ3n) is 1.62. The minimum Gasteiger partial charge on any atom is -0.241 e. The molecule has 0 saturated heterocycles. The first-order valence-corrected chi connectivity index (χ1v) is 5.06. The van der Waals surface area contributed by atoms with Gasteiger partial charge >= 0.3 is 0 Å². The van der Waals surface area contributed by atoms with Crippen molar-refractivity contribution < 1.29 is 0 Å². The molecule has 3 heteroatoms. The Morgan fingerprint density at radius 2 is 1.75 bits per heavy atom. The van der Waals surface area contributed by atoms with Crippen LogP contribution in [-0.4, -0.2) is 4.98 Å². The molecule has 1 nitrogen and oxygen atoms in total. The molecular weight excluding hydrogens is 282 g/mol. The van der Waals surface area contributed by atoms with Crippen molar-refractivity contribution in [1.82, 2.24) is 4.98 Å². The Morgan fingerprint density at radius 1 is 1.00 bits per heavy atom. The van der Waals surface area contributed by atoms with E-state index >= 15 is 0 Å². The quantitative estimate of drug-likeness (QED) is 0.672. The standard InChI is InChI=1S/C9H5Br2N/c10-7-3-1-6-2-4-9(11)12-8(6)5-7/h1-5H. The van der Waals surface area contributed by atoms with E-state index in [-0.39, 0.29) is 0 Å². The second kappa shape index (κ2) is 3.15. The maximum Gasteiger partial charge on any atom is 0.106 e. The smallest absolute Gasteiger partial charge is 0.106 e. The van der Waals surface area contributed by atoms with E-state index in [0.717, 1.165) is 20.0 Å². The fourth-order valence-corrected chi connectivity index (χ4v) is 1.74. The minimum absolute atomic E-state index is 0.869. The number of benzene rings is 1. The summed E-state index contributed by atoms with van der Waals surface area (Å²) in [6, 6.07) is 10.0. The highest BCUT2D eigenvalue weighted by Crippen LogP contribution is 2.19. The summed E-state index contributed by atoms with van der Waals surface area (Å²) in [6.45, 7) is 0. The molecule has 1 heterocycles. The fraction of sp³-hybridized carbons (Fsp3) is 0. The van der Waals surface area contributed by atoms with E-state index in [2.05, 4.69) is 36.8 Å². The molecule has 0 bridgehead atoms. The monoisotopic (exact) mass is 285 g/mol. The van der Waals surface area contributed by atoms with Crippen molar-refractivity contribution in [2.24, 2.45) is 0 Å². The van der Waals surface area contributed by atoms with Gasteiger partial charge in [0, 0.05) is 9.86 Å². The average Bonchev–Trinajstić information content (AvgIpc) is 2.03. The number of aromatic nitrogens is 1. The van der Waals surface area contributed by atoms with Crippen molar-refractivity contribution in [3.05, 3.63) is 39.4 Å². The van der Waals surface area contributed by atoms with Crippen LogP contribution in [0, 0.1) is 0 Å². The van der Waals surface area contributed by atoms with Crippen LogP contribution in [0.2, 0.25) is 0 Å². The number of hydrogen-bond donors (Lipinski definition) is 0. The molecule has 0 N–H and O–H groups in total. The van der Waals surface area contributed by atoms with Gasteiger partial charge in [0.1, 0.15) is 4.60 Å². The van der Waals surface area contributed by atoms with Crippen LogP contribution in [-0.2, 0) is 0 Å². The summed E-state index contributed by atoms with van der Waals surface area (Å²) >= 11 is 6.73. The molecule has 0 amide bonds. The van der Waals surface area contributed by atoms with Crippen molar-refractivity contribution in [3.8, 4) is 0 Å². The molecule has 0 spiro atoms. The van der Waals surface area contributed by atoms with E-state index in [0.29, 0.717) is 0 Å². The molecular formula is C9H5Br2N. The number of nitrogens with zero attached hydrogens (tertiary/aromatic N) is 1. The molecule has 0 aliphatic carbocycles. The van der Waals surface area contributed by atoms with Crippen molar-refractivity contribution in [3.63, 3.8) is 0 Å². The fourth-order valence-electron chi connectivity index (χ4n) is 1.07. The molecule has 60 valence electrons. The van der Waals surface area contributed by atoms with Gasteiger partial charge in [0.25, 0.3) is 0 Å².